The number of carbonyl (C=O) groups is 1. The Morgan fingerprint density at radius 2 is 1.80 bits per heavy atom. The van der Waals surface area contributed by atoms with Gasteiger partial charge in [0.05, 0.1) is 0 Å². The summed E-state index contributed by atoms with van der Waals surface area (Å²) in [5, 5.41) is 3.52. The molecule has 1 N–H and O–H groups in total. The van der Waals surface area contributed by atoms with Gasteiger partial charge in [0.15, 0.2) is 0 Å². The molecule has 2 aliphatic rings. The van der Waals surface area contributed by atoms with E-state index in [0.717, 1.165) is 31.5 Å². The maximum atomic E-state index is 12.4. The maximum absolute atomic E-state index is 12.4. The number of piperazine rings is 1. The molecule has 3 rings (SSSR count). The van der Waals surface area contributed by atoms with Crippen LogP contribution in [0.1, 0.15) is 32.3 Å². The lowest BCUT2D eigenvalue weighted by Gasteiger charge is -2.35. The predicted molar refractivity (Wildman–Crippen MR) is 77.5 cm³/mol. The van der Waals surface area contributed by atoms with Gasteiger partial charge in [0.25, 0.3) is 0 Å². The van der Waals surface area contributed by atoms with Crippen molar-refractivity contribution in [3.8, 4) is 0 Å². The molecule has 0 radical (unpaired) electrons. The van der Waals surface area contributed by atoms with Gasteiger partial charge in [-0.05, 0) is 32.3 Å². The van der Waals surface area contributed by atoms with E-state index in [1.165, 1.54) is 0 Å². The zero-order valence-electron chi connectivity index (χ0n) is 12.1. The van der Waals surface area contributed by atoms with Crippen LogP contribution >= 0.6 is 0 Å². The molecule has 0 saturated carbocycles. The van der Waals surface area contributed by atoms with Crippen LogP contribution < -0.4 is 5.32 Å². The van der Waals surface area contributed by atoms with Crippen LogP contribution in [-0.2, 0) is 10.3 Å². The molecule has 0 spiro atoms. The summed E-state index contributed by atoms with van der Waals surface area (Å²) in [6, 6.07) is 10.8. The van der Waals surface area contributed by atoms with Gasteiger partial charge < -0.3 is 15.0 Å². The van der Waals surface area contributed by atoms with Gasteiger partial charge in [-0.25, -0.2) is 4.79 Å². The molecule has 0 aromatic heterocycles. The van der Waals surface area contributed by atoms with Crippen molar-refractivity contribution in [3.63, 3.8) is 0 Å². The Morgan fingerprint density at radius 1 is 1.20 bits per heavy atom. The number of fused-ring (bicyclic) bond motifs is 2. The molecule has 4 heteroatoms. The van der Waals surface area contributed by atoms with Crippen LogP contribution in [0.4, 0.5) is 4.79 Å². The van der Waals surface area contributed by atoms with Crippen molar-refractivity contribution in [2.24, 2.45) is 0 Å². The molecule has 108 valence electrons. The summed E-state index contributed by atoms with van der Waals surface area (Å²) >= 11 is 0. The highest BCUT2D eigenvalue weighted by molar-refractivity contribution is 5.68. The third-order valence-electron chi connectivity index (χ3n) is 4.29. The molecule has 1 amide bonds. The van der Waals surface area contributed by atoms with Gasteiger partial charge in [-0.1, -0.05) is 30.3 Å². The van der Waals surface area contributed by atoms with Gasteiger partial charge in [0.2, 0.25) is 0 Å². The normalized spacial score (nSPS) is 25.6. The Balaban J connectivity index is 1.66. The van der Waals surface area contributed by atoms with E-state index in [1.54, 1.807) is 0 Å². The number of hydrogen-bond acceptors (Lipinski definition) is 3. The quantitative estimate of drug-likeness (QED) is 0.901. The second-order valence-electron chi connectivity index (χ2n) is 6.29. The standard InChI is InChI=1S/C16H22N2O2/c1-16(2,12-6-4-3-5-7-12)20-15(19)18-10-13-8-9-14(11-18)17-13/h3-7,13-14,17H,8-11H2,1-2H3. The van der Waals surface area contributed by atoms with Crippen molar-refractivity contribution in [1.29, 1.82) is 0 Å². The fourth-order valence-electron chi connectivity index (χ4n) is 3.13. The Morgan fingerprint density at radius 3 is 2.40 bits per heavy atom. The Hall–Kier alpha value is -1.55. The molecule has 4 nitrogen and oxygen atoms in total. The molecule has 2 fully saturated rings. The van der Waals surface area contributed by atoms with Crippen LogP contribution in [0.25, 0.3) is 0 Å². The highest BCUT2D eigenvalue weighted by Crippen LogP contribution is 2.27. The van der Waals surface area contributed by atoms with E-state index < -0.39 is 5.60 Å². The molecule has 2 saturated heterocycles. The lowest BCUT2D eigenvalue weighted by molar-refractivity contribution is 0.00553. The van der Waals surface area contributed by atoms with Crippen LogP contribution in [0.2, 0.25) is 0 Å². The molecule has 0 aliphatic carbocycles. The van der Waals surface area contributed by atoms with Crippen molar-refractivity contribution < 1.29 is 9.53 Å². The molecule has 1 aromatic carbocycles. The average molecular weight is 274 g/mol. The monoisotopic (exact) mass is 274 g/mol. The fraction of sp³-hybridized carbons (Fsp3) is 0.562. The predicted octanol–water partition coefficient (Wildman–Crippen LogP) is 2.49. The fourth-order valence-corrected chi connectivity index (χ4v) is 3.13. The summed E-state index contributed by atoms with van der Waals surface area (Å²) in [5.41, 5.74) is 0.425. The van der Waals surface area contributed by atoms with E-state index in [9.17, 15) is 4.79 Å². The van der Waals surface area contributed by atoms with Gasteiger partial charge >= 0.3 is 6.09 Å². The first-order valence-electron chi connectivity index (χ1n) is 7.34. The summed E-state index contributed by atoms with van der Waals surface area (Å²) in [6.45, 7) is 5.41. The number of hydrogen-bond donors (Lipinski definition) is 1. The van der Waals surface area contributed by atoms with E-state index in [2.05, 4.69) is 5.32 Å². The largest absolute Gasteiger partial charge is 0.438 e. The van der Waals surface area contributed by atoms with Crippen LogP contribution in [0.5, 0.6) is 0 Å². The topological polar surface area (TPSA) is 41.6 Å². The Bertz CT molecular complexity index is 475. The molecule has 20 heavy (non-hydrogen) atoms. The van der Waals surface area contributed by atoms with E-state index in [-0.39, 0.29) is 6.09 Å². The highest BCUT2D eigenvalue weighted by atomic mass is 16.6. The zero-order chi connectivity index (χ0) is 14.2. The van der Waals surface area contributed by atoms with E-state index in [4.69, 9.17) is 4.74 Å². The van der Waals surface area contributed by atoms with Gasteiger partial charge in [0.1, 0.15) is 5.60 Å². The van der Waals surface area contributed by atoms with Gasteiger partial charge in [-0.15, -0.1) is 0 Å². The number of benzene rings is 1. The molecular weight excluding hydrogens is 252 g/mol. The lowest BCUT2D eigenvalue weighted by atomic mass is 9.98. The number of ether oxygens (including phenoxy) is 1. The van der Waals surface area contributed by atoms with Crippen LogP contribution in [-0.4, -0.2) is 36.2 Å². The van der Waals surface area contributed by atoms with Crippen molar-refractivity contribution >= 4 is 6.09 Å². The molecule has 2 atom stereocenters. The number of amides is 1. The third-order valence-corrected chi connectivity index (χ3v) is 4.29. The van der Waals surface area contributed by atoms with Crippen molar-refractivity contribution in [1.82, 2.24) is 10.2 Å². The third kappa shape index (κ3) is 2.66. The van der Waals surface area contributed by atoms with E-state index in [0.29, 0.717) is 12.1 Å². The van der Waals surface area contributed by atoms with Crippen LogP contribution in [0.3, 0.4) is 0 Å². The van der Waals surface area contributed by atoms with Crippen molar-refractivity contribution in [2.45, 2.75) is 44.4 Å². The van der Waals surface area contributed by atoms with E-state index in [1.807, 2.05) is 49.1 Å². The van der Waals surface area contributed by atoms with Gasteiger partial charge in [0, 0.05) is 25.2 Å². The minimum Gasteiger partial charge on any atom is -0.438 e. The second kappa shape index (κ2) is 5.09. The summed E-state index contributed by atoms with van der Waals surface area (Å²) in [7, 11) is 0. The molecule has 2 aliphatic heterocycles. The number of carbonyl (C=O) groups excluding carboxylic acids is 1. The van der Waals surface area contributed by atoms with Crippen LogP contribution in [0, 0.1) is 0 Å². The molecule has 1 aromatic rings. The van der Waals surface area contributed by atoms with Crippen molar-refractivity contribution in [3.05, 3.63) is 35.9 Å². The maximum Gasteiger partial charge on any atom is 0.410 e. The summed E-state index contributed by atoms with van der Waals surface area (Å²) < 4.78 is 5.75. The number of nitrogens with zero attached hydrogens (tertiary/aromatic N) is 1. The lowest BCUT2D eigenvalue weighted by Crippen LogP contribution is -2.53. The minimum atomic E-state index is -0.595. The minimum absolute atomic E-state index is 0.197. The SMILES string of the molecule is CC(C)(OC(=O)N1CC2CCC(C1)N2)c1ccccc1. The zero-order valence-corrected chi connectivity index (χ0v) is 12.1. The molecular formula is C16H22N2O2. The first-order valence-corrected chi connectivity index (χ1v) is 7.34. The molecule has 2 bridgehead atoms. The molecule has 2 unspecified atom stereocenters. The summed E-state index contributed by atoms with van der Waals surface area (Å²) in [6.07, 6.45) is 2.13. The molecule has 2 heterocycles. The Labute approximate surface area is 120 Å². The van der Waals surface area contributed by atoms with Crippen LogP contribution in [0.15, 0.2) is 30.3 Å². The smallest absolute Gasteiger partial charge is 0.410 e. The highest BCUT2D eigenvalue weighted by Gasteiger charge is 2.36. The van der Waals surface area contributed by atoms with Gasteiger partial charge in [-0.2, -0.15) is 0 Å². The van der Waals surface area contributed by atoms with Gasteiger partial charge in [-0.3, -0.25) is 0 Å². The summed E-state index contributed by atoms with van der Waals surface area (Å²) in [5.74, 6) is 0. The average Bonchev–Trinajstić information content (AvgIpc) is 2.78. The second-order valence-corrected chi connectivity index (χ2v) is 6.29. The first kappa shape index (κ1) is 13.4. The van der Waals surface area contributed by atoms with E-state index >= 15 is 0 Å². The first-order chi connectivity index (χ1) is 9.54. The number of rotatable bonds is 2. The summed E-state index contributed by atoms with van der Waals surface area (Å²) in [4.78, 5) is 14.2. The number of nitrogens with one attached hydrogen (secondary N) is 1. The Kier molecular flexibility index (Phi) is 3.42. The number of likely N-dealkylation sites (tertiary alicyclic amines) is 1. The van der Waals surface area contributed by atoms with Crippen molar-refractivity contribution in [2.75, 3.05) is 13.1 Å².